The number of aromatic nitrogens is 2. The molecule has 0 aromatic carbocycles. The molecule has 0 unspecified atom stereocenters. The Morgan fingerprint density at radius 1 is 1.50 bits per heavy atom. The van der Waals surface area contributed by atoms with Crippen molar-refractivity contribution in [3.8, 4) is 0 Å². The van der Waals surface area contributed by atoms with Crippen molar-refractivity contribution < 1.29 is 29.3 Å². The van der Waals surface area contributed by atoms with Crippen molar-refractivity contribution in [2.45, 2.75) is 37.8 Å². The van der Waals surface area contributed by atoms with Crippen LogP contribution < -0.4 is 5.32 Å². The molecule has 2 saturated heterocycles. The molecule has 3 N–H and O–H groups in total. The van der Waals surface area contributed by atoms with E-state index < -0.39 is 6.10 Å². The summed E-state index contributed by atoms with van der Waals surface area (Å²) >= 11 is 0. The molecule has 0 radical (unpaired) electrons. The first-order chi connectivity index (χ1) is 10.6. The van der Waals surface area contributed by atoms with E-state index in [0.29, 0.717) is 12.3 Å². The Morgan fingerprint density at radius 3 is 2.82 bits per heavy atom. The predicted octanol–water partition coefficient (Wildman–Crippen LogP) is -1.14. The zero-order valence-corrected chi connectivity index (χ0v) is 12.1. The van der Waals surface area contributed by atoms with Gasteiger partial charge in [0.2, 0.25) is 0 Å². The fourth-order valence-corrected chi connectivity index (χ4v) is 2.50. The van der Waals surface area contributed by atoms with Gasteiger partial charge in [-0.3, -0.25) is 14.3 Å². The van der Waals surface area contributed by atoms with Gasteiger partial charge in [0, 0.05) is 12.7 Å². The van der Waals surface area contributed by atoms with Gasteiger partial charge in [0.1, 0.15) is 24.0 Å². The average molecular weight is 313 g/mol. The lowest BCUT2D eigenvalue weighted by Crippen LogP contribution is -2.44. The molecular formula is C13H19N3O6. The standard InChI is InChI=1S/C12H17N3O4.CH2O2/c1-2-15-4-3-7(14-15)12(17)13-8-5-18-11-9(16)6-19-10(8)11;2-1-3/h3-4,8-11,16H,2,5-6H2,1H3,(H,13,17);1H,(H,2,3)/t8-,9+,10+,11+;/m0./s1. The predicted molar refractivity (Wildman–Crippen MR) is 73.3 cm³/mol. The van der Waals surface area contributed by atoms with Crippen molar-refractivity contribution in [2.24, 2.45) is 0 Å². The van der Waals surface area contributed by atoms with Gasteiger partial charge in [-0.1, -0.05) is 0 Å². The lowest BCUT2D eigenvalue weighted by atomic mass is 10.1. The van der Waals surface area contributed by atoms with Gasteiger partial charge in [-0.15, -0.1) is 0 Å². The van der Waals surface area contributed by atoms with Crippen molar-refractivity contribution >= 4 is 12.4 Å². The van der Waals surface area contributed by atoms with Crippen LogP contribution in [0.5, 0.6) is 0 Å². The number of hydrogen-bond acceptors (Lipinski definition) is 6. The van der Waals surface area contributed by atoms with Crippen LogP contribution in [0.25, 0.3) is 0 Å². The number of hydrogen-bond donors (Lipinski definition) is 3. The van der Waals surface area contributed by atoms with Crippen molar-refractivity contribution in [2.75, 3.05) is 13.2 Å². The average Bonchev–Trinajstić information content (AvgIpc) is 3.19. The van der Waals surface area contributed by atoms with Gasteiger partial charge < -0.3 is 25.0 Å². The monoisotopic (exact) mass is 313 g/mol. The van der Waals surface area contributed by atoms with Crippen LogP contribution in [0.4, 0.5) is 0 Å². The number of carbonyl (C=O) groups excluding carboxylic acids is 1. The van der Waals surface area contributed by atoms with Gasteiger partial charge in [0.05, 0.1) is 19.3 Å². The lowest BCUT2D eigenvalue weighted by molar-refractivity contribution is -0.122. The normalized spacial score (nSPS) is 29.4. The van der Waals surface area contributed by atoms with Crippen LogP contribution in [0.1, 0.15) is 17.4 Å². The summed E-state index contributed by atoms with van der Waals surface area (Å²) in [6.45, 7) is 3.04. The summed E-state index contributed by atoms with van der Waals surface area (Å²) in [5, 5.41) is 23.5. The molecular weight excluding hydrogens is 294 g/mol. The van der Waals surface area contributed by atoms with Crippen LogP contribution in [-0.2, 0) is 20.8 Å². The molecule has 3 rings (SSSR count). The Kier molecular flexibility index (Phi) is 5.47. The van der Waals surface area contributed by atoms with Crippen molar-refractivity contribution in [3.63, 3.8) is 0 Å². The molecule has 4 atom stereocenters. The molecule has 2 aliphatic rings. The highest BCUT2D eigenvalue weighted by Gasteiger charge is 2.47. The molecule has 9 heteroatoms. The summed E-state index contributed by atoms with van der Waals surface area (Å²) in [4.78, 5) is 20.4. The number of carbonyl (C=O) groups is 2. The highest BCUT2D eigenvalue weighted by molar-refractivity contribution is 5.92. The number of carboxylic acid groups (broad SMARTS) is 1. The maximum atomic E-state index is 12.0. The molecule has 0 saturated carbocycles. The van der Waals surface area contributed by atoms with Crippen LogP contribution in [0.3, 0.4) is 0 Å². The van der Waals surface area contributed by atoms with E-state index >= 15 is 0 Å². The molecule has 1 aromatic heterocycles. The maximum absolute atomic E-state index is 12.0. The third kappa shape index (κ3) is 3.43. The number of nitrogens with one attached hydrogen (secondary N) is 1. The van der Waals surface area contributed by atoms with E-state index in [2.05, 4.69) is 10.4 Å². The SMILES string of the molecule is CCn1ccc(C(=O)N[C@H]2CO[C@H]3[C@@H]2OC[C@H]3O)n1.O=CO. The number of aliphatic hydroxyl groups excluding tert-OH is 1. The molecule has 0 spiro atoms. The van der Waals surface area contributed by atoms with Crippen LogP contribution in [-0.4, -0.2) is 69.9 Å². The van der Waals surface area contributed by atoms with E-state index in [-0.39, 0.29) is 37.2 Å². The summed E-state index contributed by atoms with van der Waals surface area (Å²) in [6.07, 6.45) is 0.551. The summed E-state index contributed by atoms with van der Waals surface area (Å²) in [5.74, 6) is -0.244. The molecule has 1 aromatic rings. The maximum Gasteiger partial charge on any atom is 0.290 e. The smallest absolute Gasteiger partial charge is 0.290 e. The number of fused-ring (bicyclic) bond motifs is 1. The summed E-state index contributed by atoms with van der Waals surface area (Å²) in [7, 11) is 0. The number of amides is 1. The zero-order valence-electron chi connectivity index (χ0n) is 12.1. The lowest BCUT2D eigenvalue weighted by Gasteiger charge is -2.16. The quantitative estimate of drug-likeness (QED) is 0.603. The van der Waals surface area contributed by atoms with Crippen LogP contribution in [0, 0.1) is 0 Å². The number of aryl methyl sites for hydroxylation is 1. The van der Waals surface area contributed by atoms with Crippen LogP contribution in [0.15, 0.2) is 12.3 Å². The van der Waals surface area contributed by atoms with Gasteiger partial charge in [-0.25, -0.2) is 0 Å². The molecule has 122 valence electrons. The van der Waals surface area contributed by atoms with Gasteiger partial charge in [-0.2, -0.15) is 5.10 Å². The fourth-order valence-electron chi connectivity index (χ4n) is 2.50. The second kappa shape index (κ2) is 7.34. The van der Waals surface area contributed by atoms with Crippen molar-refractivity contribution in [1.29, 1.82) is 0 Å². The molecule has 0 aliphatic carbocycles. The zero-order chi connectivity index (χ0) is 16.1. The third-order valence-corrected chi connectivity index (χ3v) is 3.54. The Morgan fingerprint density at radius 2 is 2.18 bits per heavy atom. The first kappa shape index (κ1) is 16.4. The minimum Gasteiger partial charge on any atom is -0.483 e. The number of ether oxygens (including phenoxy) is 2. The first-order valence-electron chi connectivity index (χ1n) is 6.94. The molecule has 22 heavy (non-hydrogen) atoms. The van der Waals surface area contributed by atoms with Gasteiger partial charge >= 0.3 is 0 Å². The number of nitrogens with zero attached hydrogens (tertiary/aromatic N) is 2. The Bertz CT molecular complexity index is 520. The molecule has 2 aliphatic heterocycles. The fraction of sp³-hybridized carbons (Fsp3) is 0.615. The largest absolute Gasteiger partial charge is 0.483 e. The number of rotatable bonds is 3. The molecule has 0 bridgehead atoms. The van der Waals surface area contributed by atoms with E-state index in [1.54, 1.807) is 16.9 Å². The Balaban J connectivity index is 0.000000545. The topological polar surface area (TPSA) is 123 Å². The molecule has 3 heterocycles. The minimum atomic E-state index is -0.605. The van der Waals surface area contributed by atoms with Gasteiger partial charge in [-0.05, 0) is 13.0 Å². The molecule has 2 fully saturated rings. The minimum absolute atomic E-state index is 0.235. The summed E-state index contributed by atoms with van der Waals surface area (Å²) < 4.78 is 12.6. The second-order valence-corrected chi connectivity index (χ2v) is 4.91. The first-order valence-corrected chi connectivity index (χ1v) is 6.94. The van der Waals surface area contributed by atoms with E-state index in [0.717, 1.165) is 6.54 Å². The van der Waals surface area contributed by atoms with Crippen LogP contribution in [0.2, 0.25) is 0 Å². The van der Waals surface area contributed by atoms with E-state index in [1.165, 1.54) is 0 Å². The van der Waals surface area contributed by atoms with Gasteiger partial charge in [0.25, 0.3) is 12.4 Å². The van der Waals surface area contributed by atoms with Crippen LogP contribution >= 0.6 is 0 Å². The van der Waals surface area contributed by atoms with E-state index in [9.17, 15) is 9.90 Å². The summed E-state index contributed by atoms with van der Waals surface area (Å²) in [6, 6.07) is 1.44. The Hall–Kier alpha value is -1.97. The highest BCUT2D eigenvalue weighted by Crippen LogP contribution is 2.27. The van der Waals surface area contributed by atoms with E-state index in [4.69, 9.17) is 19.4 Å². The van der Waals surface area contributed by atoms with Crippen molar-refractivity contribution in [1.82, 2.24) is 15.1 Å². The highest BCUT2D eigenvalue weighted by atomic mass is 16.6. The number of aliphatic hydroxyl groups is 1. The Labute approximate surface area is 126 Å². The van der Waals surface area contributed by atoms with Crippen molar-refractivity contribution in [3.05, 3.63) is 18.0 Å². The summed E-state index contributed by atoms with van der Waals surface area (Å²) in [5.41, 5.74) is 0.379. The molecule has 9 nitrogen and oxygen atoms in total. The van der Waals surface area contributed by atoms with Gasteiger partial charge in [0.15, 0.2) is 0 Å². The van der Waals surface area contributed by atoms with E-state index in [1.807, 2.05) is 6.92 Å². The second-order valence-electron chi connectivity index (χ2n) is 4.91. The molecule has 1 amide bonds. The third-order valence-electron chi connectivity index (χ3n) is 3.54.